The molecule has 2 aromatic heterocycles. The highest BCUT2D eigenvalue weighted by molar-refractivity contribution is 7.83. The molecule has 0 N–H and O–H groups in total. The van der Waals surface area contributed by atoms with Crippen molar-refractivity contribution in [2.75, 3.05) is 0 Å². The molecule has 0 saturated heterocycles. The van der Waals surface area contributed by atoms with Gasteiger partial charge in [-0.3, -0.25) is 4.98 Å². The van der Waals surface area contributed by atoms with Gasteiger partial charge in [-0.1, -0.05) is 0 Å². The number of halogens is 1. The lowest BCUT2D eigenvalue weighted by atomic mass is 10.3. The van der Waals surface area contributed by atoms with Crippen LogP contribution in [-0.2, 0) is 0 Å². The average molecular weight is 306 g/mol. The number of aromatic nitrogens is 1. The van der Waals surface area contributed by atoms with E-state index in [2.05, 4.69) is 22.8 Å². The third-order valence-electron chi connectivity index (χ3n) is 2.60. The van der Waals surface area contributed by atoms with Crippen molar-refractivity contribution in [2.45, 2.75) is 4.21 Å². The Bertz CT molecular complexity index is 804. The quantitative estimate of drug-likeness (QED) is 0.552. The van der Waals surface area contributed by atoms with Gasteiger partial charge in [-0.15, -0.1) is 28.9 Å². The van der Waals surface area contributed by atoms with Gasteiger partial charge < -0.3 is 4.74 Å². The molecule has 20 heavy (non-hydrogen) atoms. The van der Waals surface area contributed by atoms with E-state index in [0.717, 1.165) is 20.5 Å². The molecule has 7 heteroatoms. The molecule has 3 rings (SSSR count). The molecular weight excluding hydrogens is 299 g/mol. The number of thiol groups is 1. The number of thiophene rings is 1. The summed E-state index contributed by atoms with van der Waals surface area (Å²) in [5.74, 6) is -0.125. The van der Waals surface area contributed by atoms with Crippen LogP contribution in [0.4, 0.5) is 10.1 Å². The zero-order valence-electron chi connectivity index (χ0n) is 9.91. The Balaban J connectivity index is 2.03. The maximum absolute atomic E-state index is 13.8. The maximum Gasteiger partial charge on any atom is 0.167 e. The van der Waals surface area contributed by atoms with Crippen LogP contribution >= 0.6 is 24.0 Å². The van der Waals surface area contributed by atoms with E-state index in [4.69, 9.17) is 4.74 Å². The molecule has 0 unspecified atom stereocenters. The first-order valence-corrected chi connectivity index (χ1v) is 6.82. The van der Waals surface area contributed by atoms with E-state index in [1.165, 1.54) is 23.5 Å². The van der Waals surface area contributed by atoms with Gasteiger partial charge in [-0.05, 0) is 23.4 Å². The van der Waals surface area contributed by atoms with Crippen LogP contribution in [0.2, 0.25) is 0 Å². The number of nitrogens with zero attached hydrogens (tertiary/aromatic N) is 2. The third-order valence-corrected chi connectivity index (χ3v) is 3.95. The predicted molar refractivity (Wildman–Crippen MR) is 78.8 cm³/mol. The number of ether oxygens (including phenoxy) is 1. The predicted octanol–water partition coefficient (Wildman–Crippen LogP) is 4.91. The topological polar surface area (TPSA) is 51.5 Å². The van der Waals surface area contributed by atoms with Gasteiger partial charge in [0, 0.05) is 18.3 Å². The van der Waals surface area contributed by atoms with Gasteiger partial charge >= 0.3 is 0 Å². The first-order chi connectivity index (χ1) is 9.67. The van der Waals surface area contributed by atoms with E-state index in [9.17, 15) is 9.30 Å². The van der Waals surface area contributed by atoms with E-state index in [1.54, 1.807) is 12.3 Å². The lowest BCUT2D eigenvalue weighted by Gasteiger charge is -2.07. The van der Waals surface area contributed by atoms with Crippen molar-refractivity contribution in [1.82, 2.24) is 4.98 Å². The molecule has 100 valence electrons. The van der Waals surface area contributed by atoms with Crippen molar-refractivity contribution >= 4 is 39.9 Å². The molecule has 0 aliphatic rings. The van der Waals surface area contributed by atoms with Crippen molar-refractivity contribution in [3.8, 4) is 11.5 Å². The number of fused-ring (bicyclic) bond motifs is 1. The fourth-order valence-electron chi connectivity index (χ4n) is 1.73. The van der Waals surface area contributed by atoms with Crippen molar-refractivity contribution < 1.29 is 9.13 Å². The highest BCUT2D eigenvalue weighted by Gasteiger charge is 2.11. The number of rotatable bonds is 3. The maximum atomic E-state index is 13.8. The van der Waals surface area contributed by atoms with Crippen molar-refractivity contribution in [1.29, 1.82) is 0 Å². The third kappa shape index (κ3) is 2.37. The summed E-state index contributed by atoms with van der Waals surface area (Å²) in [5.41, 5.74) is 0.757. The highest BCUT2D eigenvalue weighted by Crippen LogP contribution is 2.37. The van der Waals surface area contributed by atoms with E-state index in [1.807, 2.05) is 6.07 Å². The molecule has 0 aliphatic carbocycles. The standard InChI is InChI=1S/C13H7FN2O2S2/c14-8-5-7(16-17)1-2-10(8)18-11-3-4-15-9-6-12(19)20-13(9)11/h1-6,19H. The van der Waals surface area contributed by atoms with E-state index in [0.29, 0.717) is 5.75 Å². The van der Waals surface area contributed by atoms with Gasteiger partial charge in [-0.2, -0.15) is 0 Å². The second-order valence-corrected chi connectivity index (χ2v) is 5.75. The van der Waals surface area contributed by atoms with E-state index in [-0.39, 0.29) is 11.4 Å². The Morgan fingerprint density at radius 2 is 2.10 bits per heavy atom. The largest absolute Gasteiger partial charge is 0.453 e. The number of hydrogen-bond donors (Lipinski definition) is 1. The Labute approximate surface area is 122 Å². The molecule has 0 bridgehead atoms. The smallest absolute Gasteiger partial charge is 0.167 e. The van der Waals surface area contributed by atoms with Gasteiger partial charge in [0.1, 0.15) is 11.4 Å². The first-order valence-electron chi connectivity index (χ1n) is 5.55. The summed E-state index contributed by atoms with van der Waals surface area (Å²) in [7, 11) is 0. The Morgan fingerprint density at radius 3 is 2.85 bits per heavy atom. The number of nitroso groups, excluding NO2 is 1. The molecule has 0 radical (unpaired) electrons. The van der Waals surface area contributed by atoms with Gasteiger partial charge in [-0.25, -0.2) is 4.39 Å². The summed E-state index contributed by atoms with van der Waals surface area (Å²) < 4.78 is 20.9. The minimum absolute atomic E-state index is 0.0171. The summed E-state index contributed by atoms with van der Waals surface area (Å²) in [4.78, 5) is 14.5. The fraction of sp³-hybridized carbons (Fsp3) is 0. The second-order valence-electron chi connectivity index (χ2n) is 3.92. The number of benzene rings is 1. The zero-order chi connectivity index (χ0) is 14.1. The van der Waals surface area contributed by atoms with Crippen molar-refractivity contribution in [3.63, 3.8) is 0 Å². The van der Waals surface area contributed by atoms with Crippen LogP contribution in [0.15, 0.2) is 45.9 Å². The van der Waals surface area contributed by atoms with Crippen molar-refractivity contribution in [2.24, 2.45) is 5.18 Å². The first kappa shape index (κ1) is 13.0. The van der Waals surface area contributed by atoms with Crippen LogP contribution in [0.5, 0.6) is 11.5 Å². The van der Waals surface area contributed by atoms with Gasteiger partial charge in [0.05, 0.1) is 14.4 Å². The summed E-state index contributed by atoms with van der Waals surface area (Å²) in [6.45, 7) is 0. The molecule has 4 nitrogen and oxygen atoms in total. The van der Waals surface area contributed by atoms with Gasteiger partial charge in [0.15, 0.2) is 11.6 Å². The monoisotopic (exact) mass is 306 g/mol. The van der Waals surface area contributed by atoms with Crippen LogP contribution in [0.25, 0.3) is 10.2 Å². The number of pyridine rings is 1. The molecule has 0 spiro atoms. The molecule has 2 heterocycles. The lowest BCUT2D eigenvalue weighted by Crippen LogP contribution is -1.88. The fourth-order valence-corrected chi connectivity index (χ4v) is 2.93. The summed E-state index contributed by atoms with van der Waals surface area (Å²) in [6.07, 6.45) is 1.58. The summed E-state index contributed by atoms with van der Waals surface area (Å²) in [6, 6.07) is 7.25. The molecule has 3 aromatic rings. The molecule has 0 amide bonds. The van der Waals surface area contributed by atoms with Gasteiger partial charge in [0.25, 0.3) is 0 Å². The Hall–Kier alpha value is -1.99. The van der Waals surface area contributed by atoms with Crippen LogP contribution in [0.3, 0.4) is 0 Å². The van der Waals surface area contributed by atoms with E-state index < -0.39 is 5.82 Å². The van der Waals surface area contributed by atoms with Gasteiger partial charge in [0.2, 0.25) is 0 Å². The lowest BCUT2D eigenvalue weighted by molar-refractivity contribution is 0.447. The summed E-state index contributed by atoms with van der Waals surface area (Å²) in [5, 5.41) is 2.67. The minimum Gasteiger partial charge on any atom is -0.453 e. The minimum atomic E-state index is -0.644. The number of hydrogen-bond acceptors (Lipinski definition) is 6. The second kappa shape index (κ2) is 5.18. The van der Waals surface area contributed by atoms with Crippen LogP contribution in [0, 0.1) is 10.7 Å². The normalized spacial score (nSPS) is 10.7. The molecule has 1 aromatic carbocycles. The average Bonchev–Trinajstić information content (AvgIpc) is 2.82. The van der Waals surface area contributed by atoms with E-state index >= 15 is 0 Å². The molecular formula is C13H7FN2O2S2. The summed E-state index contributed by atoms with van der Waals surface area (Å²) >= 11 is 5.66. The highest BCUT2D eigenvalue weighted by atomic mass is 32.2. The molecule has 0 saturated carbocycles. The zero-order valence-corrected chi connectivity index (χ0v) is 11.6. The van der Waals surface area contributed by atoms with Crippen LogP contribution in [-0.4, -0.2) is 4.98 Å². The molecule has 0 aliphatic heterocycles. The Morgan fingerprint density at radius 1 is 1.25 bits per heavy atom. The van der Waals surface area contributed by atoms with Crippen LogP contribution in [0.1, 0.15) is 0 Å². The van der Waals surface area contributed by atoms with Crippen LogP contribution < -0.4 is 4.74 Å². The van der Waals surface area contributed by atoms with Crippen molar-refractivity contribution in [3.05, 3.63) is 47.3 Å². The molecule has 0 atom stereocenters. The Kier molecular flexibility index (Phi) is 3.37. The SMILES string of the molecule is O=Nc1ccc(Oc2ccnc3cc(S)sc23)c(F)c1. The molecule has 0 fully saturated rings.